The summed E-state index contributed by atoms with van der Waals surface area (Å²) >= 11 is 0. The molecule has 0 amide bonds. The first-order valence-electron chi connectivity index (χ1n) is 8.14. The van der Waals surface area contributed by atoms with Crippen LogP contribution in [0.1, 0.15) is 40.5 Å². The molecule has 3 heteroatoms. The molecule has 0 unspecified atom stereocenters. The Bertz CT molecular complexity index is 615. The molecule has 2 fully saturated rings. The van der Waals surface area contributed by atoms with E-state index >= 15 is 0 Å². The first-order valence-corrected chi connectivity index (χ1v) is 8.14. The Morgan fingerprint density at radius 3 is 2.50 bits per heavy atom. The molecule has 0 saturated heterocycles. The van der Waals surface area contributed by atoms with Crippen molar-refractivity contribution in [3.05, 3.63) is 36.0 Å². The number of anilines is 1. The number of ether oxygens (including phenoxy) is 1. The molecule has 2 atom stereocenters. The highest BCUT2D eigenvalue weighted by Crippen LogP contribution is 2.65. The lowest BCUT2D eigenvalue weighted by Crippen LogP contribution is -2.32. The standard InChI is InChI=1S/C19H25NO2/c1-5-22-14-8-6-13(7-9-14)20-12-15-16-10-11-19(4,17(15)21)18(16,2)3/h6-9,12,16,20H,5,10-11H2,1-4H3/b15-12-/t16-,19-/m1/s1. The third-order valence-electron chi connectivity index (χ3n) is 5.92. The average Bonchev–Trinajstić information content (AvgIpc) is 2.80. The summed E-state index contributed by atoms with van der Waals surface area (Å²) in [6, 6.07) is 7.84. The third-order valence-corrected chi connectivity index (χ3v) is 5.92. The van der Waals surface area contributed by atoms with Gasteiger partial charge in [-0.15, -0.1) is 0 Å². The fourth-order valence-electron chi connectivity index (χ4n) is 4.07. The van der Waals surface area contributed by atoms with Gasteiger partial charge in [-0.1, -0.05) is 20.8 Å². The highest BCUT2D eigenvalue weighted by Gasteiger charge is 2.63. The van der Waals surface area contributed by atoms with E-state index in [2.05, 4.69) is 26.1 Å². The lowest BCUT2D eigenvalue weighted by Gasteiger charge is -2.31. The molecule has 2 bridgehead atoms. The lowest BCUT2D eigenvalue weighted by molar-refractivity contribution is -0.125. The number of Topliss-reactive ketones (excluding diaryl/α,β-unsaturated/α-hetero) is 1. The predicted molar refractivity (Wildman–Crippen MR) is 88.9 cm³/mol. The highest BCUT2D eigenvalue weighted by atomic mass is 16.5. The molecule has 1 aromatic rings. The summed E-state index contributed by atoms with van der Waals surface area (Å²) in [6.45, 7) is 9.24. The smallest absolute Gasteiger partial charge is 0.167 e. The average molecular weight is 299 g/mol. The molecular weight excluding hydrogens is 274 g/mol. The minimum Gasteiger partial charge on any atom is -0.494 e. The fraction of sp³-hybridized carbons (Fsp3) is 0.526. The van der Waals surface area contributed by atoms with Gasteiger partial charge >= 0.3 is 0 Å². The van der Waals surface area contributed by atoms with Crippen molar-refractivity contribution in [2.24, 2.45) is 16.7 Å². The molecular formula is C19H25NO2. The molecule has 118 valence electrons. The van der Waals surface area contributed by atoms with Crippen LogP contribution in [0.15, 0.2) is 36.0 Å². The Kier molecular flexibility index (Phi) is 3.54. The van der Waals surface area contributed by atoms with E-state index in [1.165, 1.54) is 0 Å². The van der Waals surface area contributed by atoms with Crippen molar-refractivity contribution in [2.75, 3.05) is 11.9 Å². The van der Waals surface area contributed by atoms with Crippen molar-refractivity contribution in [3.63, 3.8) is 0 Å². The van der Waals surface area contributed by atoms with Crippen LogP contribution in [0.5, 0.6) is 5.75 Å². The zero-order valence-corrected chi connectivity index (χ0v) is 13.9. The van der Waals surface area contributed by atoms with Crippen LogP contribution in [-0.2, 0) is 4.79 Å². The number of fused-ring (bicyclic) bond motifs is 2. The van der Waals surface area contributed by atoms with Crippen molar-refractivity contribution in [1.82, 2.24) is 0 Å². The quantitative estimate of drug-likeness (QED) is 0.837. The van der Waals surface area contributed by atoms with Gasteiger partial charge in [-0.3, -0.25) is 4.79 Å². The second-order valence-corrected chi connectivity index (χ2v) is 7.18. The van der Waals surface area contributed by atoms with E-state index in [4.69, 9.17) is 4.74 Å². The van der Waals surface area contributed by atoms with Crippen molar-refractivity contribution in [1.29, 1.82) is 0 Å². The summed E-state index contributed by atoms with van der Waals surface area (Å²) < 4.78 is 5.44. The number of allylic oxidation sites excluding steroid dienone is 1. The van der Waals surface area contributed by atoms with Gasteiger partial charge in [-0.2, -0.15) is 0 Å². The zero-order valence-electron chi connectivity index (χ0n) is 13.9. The molecule has 0 heterocycles. The molecule has 1 N–H and O–H groups in total. The molecule has 0 aromatic heterocycles. The summed E-state index contributed by atoms with van der Waals surface area (Å²) in [6.07, 6.45) is 4.06. The highest BCUT2D eigenvalue weighted by molar-refractivity contribution is 6.04. The number of hydrogen-bond acceptors (Lipinski definition) is 3. The van der Waals surface area contributed by atoms with E-state index in [1.54, 1.807) is 0 Å². The SMILES string of the molecule is CCOc1ccc(N/C=C2\C(=O)[C@@]3(C)CC[C@H]2C3(C)C)cc1. The number of benzene rings is 1. The molecule has 0 radical (unpaired) electrons. The van der Waals surface area contributed by atoms with E-state index in [0.29, 0.717) is 18.3 Å². The number of carbonyl (C=O) groups is 1. The van der Waals surface area contributed by atoms with Gasteiger partial charge in [0, 0.05) is 22.9 Å². The van der Waals surface area contributed by atoms with Crippen LogP contribution in [0.4, 0.5) is 5.69 Å². The third kappa shape index (κ3) is 2.06. The van der Waals surface area contributed by atoms with Gasteiger partial charge in [0.25, 0.3) is 0 Å². The minimum atomic E-state index is -0.190. The summed E-state index contributed by atoms with van der Waals surface area (Å²) in [5.74, 6) is 1.57. The number of nitrogens with one attached hydrogen (secondary N) is 1. The molecule has 3 rings (SSSR count). The number of carbonyl (C=O) groups excluding carboxylic acids is 1. The number of rotatable bonds is 4. The largest absolute Gasteiger partial charge is 0.494 e. The monoisotopic (exact) mass is 299 g/mol. The van der Waals surface area contributed by atoms with Gasteiger partial charge in [0.05, 0.1) is 6.61 Å². The van der Waals surface area contributed by atoms with Gasteiger partial charge in [-0.05, 0) is 55.4 Å². The Morgan fingerprint density at radius 2 is 1.95 bits per heavy atom. The molecule has 0 aliphatic heterocycles. The molecule has 3 nitrogen and oxygen atoms in total. The van der Waals surface area contributed by atoms with E-state index in [9.17, 15) is 4.79 Å². The predicted octanol–water partition coefficient (Wildman–Crippen LogP) is 4.41. The van der Waals surface area contributed by atoms with Gasteiger partial charge in [0.1, 0.15) is 5.75 Å². The second-order valence-electron chi connectivity index (χ2n) is 7.18. The van der Waals surface area contributed by atoms with Gasteiger partial charge < -0.3 is 10.1 Å². The number of ketones is 1. The van der Waals surface area contributed by atoms with E-state index < -0.39 is 0 Å². The maximum absolute atomic E-state index is 12.7. The van der Waals surface area contributed by atoms with Crippen molar-refractivity contribution in [3.8, 4) is 5.75 Å². The van der Waals surface area contributed by atoms with E-state index in [1.807, 2.05) is 37.4 Å². The Balaban J connectivity index is 1.78. The van der Waals surface area contributed by atoms with Crippen LogP contribution in [0.2, 0.25) is 0 Å². The summed E-state index contributed by atoms with van der Waals surface area (Å²) in [4.78, 5) is 12.7. The van der Waals surface area contributed by atoms with Crippen LogP contribution in [0, 0.1) is 16.7 Å². The minimum absolute atomic E-state index is 0.0659. The van der Waals surface area contributed by atoms with E-state index in [-0.39, 0.29) is 10.8 Å². The Morgan fingerprint density at radius 1 is 1.27 bits per heavy atom. The first-order chi connectivity index (χ1) is 10.4. The van der Waals surface area contributed by atoms with Gasteiger partial charge in [-0.25, -0.2) is 0 Å². The summed E-state index contributed by atoms with van der Waals surface area (Å²) in [5, 5.41) is 3.29. The first kappa shape index (κ1) is 15.1. The number of hydrogen-bond donors (Lipinski definition) is 1. The maximum atomic E-state index is 12.7. The van der Waals surface area contributed by atoms with Crippen LogP contribution < -0.4 is 10.1 Å². The molecule has 2 aliphatic carbocycles. The molecule has 2 saturated carbocycles. The topological polar surface area (TPSA) is 38.3 Å². The molecule has 0 spiro atoms. The van der Waals surface area contributed by atoms with Crippen LogP contribution >= 0.6 is 0 Å². The maximum Gasteiger partial charge on any atom is 0.167 e. The van der Waals surface area contributed by atoms with Crippen molar-refractivity contribution >= 4 is 11.5 Å². The van der Waals surface area contributed by atoms with Crippen LogP contribution in [-0.4, -0.2) is 12.4 Å². The lowest BCUT2D eigenvalue weighted by atomic mass is 9.70. The fourth-order valence-corrected chi connectivity index (χ4v) is 4.07. The Hall–Kier alpha value is -1.77. The summed E-state index contributed by atoms with van der Waals surface area (Å²) in [5.41, 5.74) is 1.82. The molecule has 1 aromatic carbocycles. The van der Waals surface area contributed by atoms with Gasteiger partial charge in [0.15, 0.2) is 5.78 Å². The molecule has 2 aliphatic rings. The molecule has 22 heavy (non-hydrogen) atoms. The van der Waals surface area contributed by atoms with Gasteiger partial charge in [0.2, 0.25) is 0 Å². The zero-order chi connectivity index (χ0) is 16.0. The van der Waals surface area contributed by atoms with Crippen LogP contribution in [0.3, 0.4) is 0 Å². The second kappa shape index (κ2) is 5.15. The van der Waals surface area contributed by atoms with Crippen molar-refractivity contribution < 1.29 is 9.53 Å². The van der Waals surface area contributed by atoms with Crippen LogP contribution in [0.25, 0.3) is 0 Å². The Labute approximate surface area is 132 Å². The normalized spacial score (nSPS) is 30.8. The van der Waals surface area contributed by atoms with Crippen molar-refractivity contribution in [2.45, 2.75) is 40.5 Å². The summed E-state index contributed by atoms with van der Waals surface area (Å²) in [7, 11) is 0. The van der Waals surface area contributed by atoms with E-state index in [0.717, 1.165) is 29.9 Å².